The van der Waals surface area contributed by atoms with E-state index in [0.29, 0.717) is 26.1 Å². The molecule has 0 N–H and O–H groups in total. The van der Waals surface area contributed by atoms with Crippen LogP contribution in [0.25, 0.3) is 0 Å². The van der Waals surface area contributed by atoms with Crippen molar-refractivity contribution >= 4 is 11.9 Å². The number of ether oxygens (including phenoxy) is 2. The van der Waals surface area contributed by atoms with Gasteiger partial charge in [-0.25, -0.2) is 0 Å². The second-order valence-electron chi connectivity index (χ2n) is 6.32. The fraction of sp³-hybridized carbons (Fsp3) is 0.882. The van der Waals surface area contributed by atoms with Crippen molar-refractivity contribution in [1.29, 1.82) is 0 Å². The molecule has 6 heteroatoms. The number of esters is 2. The molecule has 0 rings (SSSR count). The third-order valence-electron chi connectivity index (χ3n) is 3.29. The molecule has 0 unspecified atom stereocenters. The van der Waals surface area contributed by atoms with Gasteiger partial charge in [-0.15, -0.1) is 0 Å². The summed E-state index contributed by atoms with van der Waals surface area (Å²) in [6.07, 6.45) is 4.96. The van der Waals surface area contributed by atoms with Gasteiger partial charge in [0.2, 0.25) is 0 Å². The normalized spacial score (nSPS) is 11.0. The highest BCUT2D eigenvalue weighted by atomic mass is 16.5. The van der Waals surface area contributed by atoms with E-state index in [1.807, 2.05) is 28.2 Å². The van der Waals surface area contributed by atoms with Crippen LogP contribution >= 0.6 is 0 Å². The molecule has 0 aromatic carbocycles. The Morgan fingerprint density at radius 3 is 1.39 bits per heavy atom. The van der Waals surface area contributed by atoms with Gasteiger partial charge in [0.1, 0.15) is 0 Å². The van der Waals surface area contributed by atoms with E-state index in [0.717, 1.165) is 45.2 Å². The van der Waals surface area contributed by atoms with Crippen molar-refractivity contribution in [2.75, 3.05) is 54.5 Å². The van der Waals surface area contributed by atoms with Gasteiger partial charge >= 0.3 is 11.9 Å². The predicted octanol–water partition coefficient (Wildman–Crippen LogP) is 1.93. The summed E-state index contributed by atoms with van der Waals surface area (Å²) in [7, 11) is 7.98. The molecule has 23 heavy (non-hydrogen) atoms. The molecule has 0 heterocycles. The van der Waals surface area contributed by atoms with Crippen molar-refractivity contribution in [3.63, 3.8) is 0 Å². The zero-order valence-electron chi connectivity index (χ0n) is 15.3. The molecule has 0 aliphatic carbocycles. The highest BCUT2D eigenvalue weighted by Gasteiger charge is 2.05. The average Bonchev–Trinajstić information content (AvgIpc) is 2.47. The Morgan fingerprint density at radius 1 is 0.652 bits per heavy atom. The number of nitrogens with zero attached hydrogens (tertiary/aromatic N) is 2. The molecule has 136 valence electrons. The smallest absolute Gasteiger partial charge is 0.305 e. The van der Waals surface area contributed by atoms with E-state index in [4.69, 9.17) is 9.47 Å². The Kier molecular flexibility index (Phi) is 13.7. The minimum Gasteiger partial charge on any atom is -0.466 e. The Hall–Kier alpha value is -1.14. The van der Waals surface area contributed by atoms with E-state index in [1.54, 1.807) is 0 Å². The van der Waals surface area contributed by atoms with Gasteiger partial charge in [0.25, 0.3) is 0 Å². The number of unbranched alkanes of at least 4 members (excludes halogenated alkanes) is 2. The zero-order chi connectivity index (χ0) is 17.5. The Labute approximate surface area is 141 Å². The summed E-state index contributed by atoms with van der Waals surface area (Å²) in [5, 5.41) is 0. The van der Waals surface area contributed by atoms with E-state index < -0.39 is 0 Å². The lowest BCUT2D eigenvalue weighted by molar-refractivity contribution is -0.144. The van der Waals surface area contributed by atoms with Crippen LogP contribution in [0, 0.1) is 0 Å². The monoisotopic (exact) mass is 330 g/mol. The van der Waals surface area contributed by atoms with Crippen LogP contribution in [0.3, 0.4) is 0 Å². The van der Waals surface area contributed by atoms with Crippen molar-refractivity contribution in [3.05, 3.63) is 0 Å². The molecule has 0 saturated heterocycles. The molecular formula is C17H34N2O4. The number of carbonyl (C=O) groups excluding carboxylic acids is 2. The summed E-state index contributed by atoms with van der Waals surface area (Å²) < 4.78 is 10.3. The van der Waals surface area contributed by atoms with Crippen molar-refractivity contribution < 1.29 is 19.1 Å². The topological polar surface area (TPSA) is 59.1 Å². The fourth-order valence-electron chi connectivity index (χ4n) is 1.99. The van der Waals surface area contributed by atoms with E-state index in [-0.39, 0.29) is 11.9 Å². The van der Waals surface area contributed by atoms with Crippen LogP contribution in [-0.2, 0) is 19.1 Å². The van der Waals surface area contributed by atoms with Crippen LogP contribution in [0.2, 0.25) is 0 Å². The quantitative estimate of drug-likeness (QED) is 0.358. The van der Waals surface area contributed by atoms with E-state index in [9.17, 15) is 9.59 Å². The largest absolute Gasteiger partial charge is 0.466 e. The van der Waals surface area contributed by atoms with Gasteiger partial charge in [0.05, 0.1) is 13.2 Å². The van der Waals surface area contributed by atoms with Gasteiger partial charge in [0, 0.05) is 25.9 Å². The number of rotatable bonds is 14. The number of hydrogen-bond acceptors (Lipinski definition) is 6. The van der Waals surface area contributed by atoms with Crippen LogP contribution in [-0.4, -0.2) is 76.2 Å². The van der Waals surface area contributed by atoms with Gasteiger partial charge in [-0.2, -0.15) is 0 Å². The van der Waals surface area contributed by atoms with Crippen LogP contribution in [0.4, 0.5) is 0 Å². The molecule has 0 fully saturated rings. The maximum atomic E-state index is 11.5. The molecule has 0 aromatic heterocycles. The molecular weight excluding hydrogens is 296 g/mol. The van der Waals surface area contributed by atoms with Crippen molar-refractivity contribution in [3.8, 4) is 0 Å². The highest BCUT2D eigenvalue weighted by molar-refractivity contribution is 5.69. The fourth-order valence-corrected chi connectivity index (χ4v) is 1.99. The SMILES string of the molecule is CN(C)CCCOC(=O)CCCCCC(=O)OCCCN(C)C. The summed E-state index contributed by atoms with van der Waals surface area (Å²) in [6, 6.07) is 0. The molecule has 0 atom stereocenters. The molecule has 0 amide bonds. The summed E-state index contributed by atoms with van der Waals surface area (Å²) in [4.78, 5) is 27.1. The molecule has 0 aliphatic heterocycles. The third kappa shape index (κ3) is 17.1. The Morgan fingerprint density at radius 2 is 1.04 bits per heavy atom. The lowest BCUT2D eigenvalue weighted by atomic mass is 10.1. The predicted molar refractivity (Wildman–Crippen MR) is 91.3 cm³/mol. The standard InChI is InChI=1S/C17H34N2O4/c1-18(2)12-8-14-22-16(20)10-6-5-7-11-17(21)23-15-9-13-19(3)4/h5-15H2,1-4H3. The van der Waals surface area contributed by atoms with Gasteiger partial charge in [-0.3, -0.25) is 9.59 Å². The maximum absolute atomic E-state index is 11.5. The minimum atomic E-state index is -0.144. The van der Waals surface area contributed by atoms with Crippen LogP contribution in [0.5, 0.6) is 0 Å². The number of carbonyl (C=O) groups is 2. The molecule has 0 saturated carbocycles. The van der Waals surface area contributed by atoms with Crippen LogP contribution in [0.1, 0.15) is 44.9 Å². The summed E-state index contributed by atoms with van der Waals surface area (Å²) >= 11 is 0. The first-order chi connectivity index (χ1) is 10.9. The summed E-state index contributed by atoms with van der Waals surface area (Å²) in [6.45, 7) is 2.81. The average molecular weight is 330 g/mol. The molecule has 0 aromatic rings. The Bertz CT molecular complexity index is 290. The first-order valence-corrected chi connectivity index (χ1v) is 8.52. The van der Waals surface area contributed by atoms with Crippen LogP contribution < -0.4 is 0 Å². The van der Waals surface area contributed by atoms with E-state index in [1.165, 1.54) is 0 Å². The molecule has 6 nitrogen and oxygen atoms in total. The zero-order valence-corrected chi connectivity index (χ0v) is 15.3. The lowest BCUT2D eigenvalue weighted by Gasteiger charge is -2.10. The second-order valence-corrected chi connectivity index (χ2v) is 6.32. The van der Waals surface area contributed by atoms with E-state index >= 15 is 0 Å². The van der Waals surface area contributed by atoms with E-state index in [2.05, 4.69) is 9.80 Å². The summed E-state index contributed by atoms with van der Waals surface area (Å²) in [5.41, 5.74) is 0. The molecule has 0 radical (unpaired) electrons. The van der Waals surface area contributed by atoms with Crippen molar-refractivity contribution in [1.82, 2.24) is 9.80 Å². The Balaban J connectivity index is 3.37. The second kappa shape index (κ2) is 14.5. The van der Waals surface area contributed by atoms with Gasteiger partial charge in [-0.1, -0.05) is 6.42 Å². The van der Waals surface area contributed by atoms with Gasteiger partial charge in [0.15, 0.2) is 0 Å². The first-order valence-electron chi connectivity index (χ1n) is 8.52. The van der Waals surface area contributed by atoms with Gasteiger partial charge < -0.3 is 19.3 Å². The molecule has 0 spiro atoms. The molecule has 0 aliphatic rings. The summed E-state index contributed by atoms with van der Waals surface area (Å²) in [5.74, 6) is -0.287. The van der Waals surface area contributed by atoms with Crippen molar-refractivity contribution in [2.45, 2.75) is 44.9 Å². The van der Waals surface area contributed by atoms with Gasteiger partial charge in [-0.05, 0) is 53.9 Å². The minimum absolute atomic E-state index is 0.144. The third-order valence-corrected chi connectivity index (χ3v) is 3.29. The van der Waals surface area contributed by atoms with Crippen LogP contribution in [0.15, 0.2) is 0 Å². The lowest BCUT2D eigenvalue weighted by Crippen LogP contribution is -2.16. The molecule has 0 bridgehead atoms. The van der Waals surface area contributed by atoms with Crippen molar-refractivity contribution in [2.24, 2.45) is 0 Å². The highest BCUT2D eigenvalue weighted by Crippen LogP contribution is 2.05. The number of hydrogen-bond donors (Lipinski definition) is 0. The maximum Gasteiger partial charge on any atom is 0.305 e. The first kappa shape index (κ1) is 21.9.